The molecular formula is C10H22N3O5S-. The second kappa shape index (κ2) is 9.96. The molecular weight excluding hydrogens is 274 g/mol. The van der Waals surface area contributed by atoms with Gasteiger partial charge in [0.25, 0.3) is 0 Å². The van der Waals surface area contributed by atoms with Crippen LogP contribution in [-0.4, -0.2) is 76.1 Å². The Balaban J connectivity index is 0.000000399. The lowest BCUT2D eigenvalue weighted by Gasteiger charge is -2.27. The first kappa shape index (κ1) is 18.1. The Labute approximate surface area is 114 Å². The van der Waals surface area contributed by atoms with E-state index in [1.54, 1.807) is 6.92 Å². The van der Waals surface area contributed by atoms with Crippen molar-refractivity contribution in [2.24, 2.45) is 0 Å². The summed E-state index contributed by atoms with van der Waals surface area (Å²) in [6, 6.07) is 0. The van der Waals surface area contributed by atoms with Crippen LogP contribution < -0.4 is 10.6 Å². The van der Waals surface area contributed by atoms with Gasteiger partial charge in [0.05, 0.1) is 22.5 Å². The van der Waals surface area contributed by atoms with Gasteiger partial charge in [-0.3, -0.25) is 4.90 Å². The lowest BCUT2D eigenvalue weighted by Crippen LogP contribution is -2.45. The minimum Gasteiger partial charge on any atom is -0.748 e. The van der Waals surface area contributed by atoms with Gasteiger partial charge in [0.1, 0.15) is 0 Å². The summed E-state index contributed by atoms with van der Waals surface area (Å²) < 4.78 is 35.3. The number of carbonyl (C=O) groups is 1. The lowest BCUT2D eigenvalue weighted by molar-refractivity contribution is 0.154. The first-order chi connectivity index (χ1) is 8.89. The molecule has 0 unspecified atom stereocenters. The van der Waals surface area contributed by atoms with Crippen molar-refractivity contribution in [3.63, 3.8) is 0 Å². The predicted octanol–water partition coefficient (Wildman–Crippen LogP) is -1.20. The number of carbonyl (C=O) groups excluding carboxylic acids is 1. The van der Waals surface area contributed by atoms with Crippen LogP contribution in [0.4, 0.5) is 4.79 Å². The number of hydrogen-bond donors (Lipinski definition) is 2. The van der Waals surface area contributed by atoms with Crippen molar-refractivity contribution >= 4 is 16.2 Å². The van der Waals surface area contributed by atoms with Crippen molar-refractivity contribution in [1.82, 2.24) is 15.5 Å². The molecule has 1 heterocycles. The predicted molar refractivity (Wildman–Crippen MR) is 70.0 cm³/mol. The molecule has 0 saturated carbocycles. The molecule has 0 aromatic heterocycles. The normalized spacial score (nSPS) is 16.2. The highest BCUT2D eigenvalue weighted by Crippen LogP contribution is 1.93. The molecule has 8 nitrogen and oxygen atoms in total. The van der Waals surface area contributed by atoms with Crippen molar-refractivity contribution in [1.29, 1.82) is 0 Å². The Kier molecular flexibility index (Phi) is 9.48. The number of hydrogen-bond acceptors (Lipinski definition) is 7. The minimum atomic E-state index is -4.04. The minimum absolute atomic E-state index is 0.271. The fourth-order valence-corrected chi connectivity index (χ4v) is 1.86. The molecule has 114 valence electrons. The lowest BCUT2D eigenvalue weighted by atomic mass is 10.4. The van der Waals surface area contributed by atoms with E-state index in [1.807, 2.05) is 4.90 Å². The molecule has 1 amide bonds. The van der Waals surface area contributed by atoms with Crippen LogP contribution in [-0.2, 0) is 14.9 Å². The molecule has 0 radical (unpaired) electrons. The summed E-state index contributed by atoms with van der Waals surface area (Å²) in [4.78, 5) is 12.1. The number of alkyl carbamates (subject to hydrolysis) is 1. The third-order valence-electron chi connectivity index (χ3n) is 2.35. The molecule has 9 heteroatoms. The van der Waals surface area contributed by atoms with Crippen molar-refractivity contribution < 1.29 is 22.5 Å². The Bertz CT molecular complexity index is 341. The van der Waals surface area contributed by atoms with Crippen LogP contribution >= 0.6 is 0 Å². The standard InChI is InChI=1S/C6H14N2O3S.C4H9NO2/c9-12(10,11)6-5-8-3-1-7-2-4-8;1-3-7-4(6)5-2/h7H,1-6H2,(H,9,10,11);3H2,1-2H3,(H,5,6)/p-1. The van der Waals surface area contributed by atoms with Crippen molar-refractivity contribution in [3.05, 3.63) is 0 Å². The Morgan fingerprint density at radius 3 is 2.37 bits per heavy atom. The molecule has 0 atom stereocenters. The summed E-state index contributed by atoms with van der Waals surface area (Å²) in [6.45, 7) is 5.96. The van der Waals surface area contributed by atoms with Gasteiger partial charge >= 0.3 is 6.09 Å². The molecule has 19 heavy (non-hydrogen) atoms. The van der Waals surface area contributed by atoms with E-state index < -0.39 is 10.1 Å². The zero-order valence-electron chi connectivity index (χ0n) is 11.3. The average Bonchev–Trinajstić information content (AvgIpc) is 2.38. The van der Waals surface area contributed by atoms with Gasteiger partial charge in [-0.05, 0) is 6.92 Å². The highest BCUT2D eigenvalue weighted by Gasteiger charge is 2.09. The number of rotatable bonds is 4. The van der Waals surface area contributed by atoms with Crippen LogP contribution in [0.15, 0.2) is 0 Å². The van der Waals surface area contributed by atoms with E-state index in [2.05, 4.69) is 15.4 Å². The highest BCUT2D eigenvalue weighted by atomic mass is 32.2. The summed E-state index contributed by atoms with van der Waals surface area (Å²) in [5, 5.41) is 5.45. The second-order valence-corrected chi connectivity index (χ2v) is 5.35. The van der Waals surface area contributed by atoms with Crippen molar-refractivity contribution in [3.8, 4) is 0 Å². The SMILES string of the molecule is CCOC(=O)NC.O=S(=O)([O-])CCN1CCNCC1. The molecule has 1 fully saturated rings. The zero-order valence-corrected chi connectivity index (χ0v) is 12.2. The van der Waals surface area contributed by atoms with E-state index >= 15 is 0 Å². The quantitative estimate of drug-likeness (QED) is 0.627. The highest BCUT2D eigenvalue weighted by molar-refractivity contribution is 7.85. The van der Waals surface area contributed by atoms with Crippen LogP contribution in [0.25, 0.3) is 0 Å². The first-order valence-corrected chi connectivity index (χ1v) is 7.68. The molecule has 1 aliphatic heterocycles. The third kappa shape index (κ3) is 11.9. The summed E-state index contributed by atoms with van der Waals surface area (Å²) in [7, 11) is -2.51. The first-order valence-electron chi connectivity index (χ1n) is 6.10. The monoisotopic (exact) mass is 296 g/mol. The summed E-state index contributed by atoms with van der Waals surface area (Å²) in [6.07, 6.45) is -0.373. The van der Waals surface area contributed by atoms with E-state index in [1.165, 1.54) is 7.05 Å². The van der Waals surface area contributed by atoms with E-state index in [-0.39, 0.29) is 11.8 Å². The number of nitrogens with zero attached hydrogens (tertiary/aromatic N) is 1. The summed E-state index contributed by atoms with van der Waals surface area (Å²) in [5.74, 6) is -0.271. The fraction of sp³-hybridized carbons (Fsp3) is 0.900. The van der Waals surface area contributed by atoms with Gasteiger partial charge in [-0.15, -0.1) is 0 Å². The number of piperazine rings is 1. The topological polar surface area (TPSA) is 111 Å². The van der Waals surface area contributed by atoms with Gasteiger partial charge < -0.3 is 19.9 Å². The third-order valence-corrected chi connectivity index (χ3v) is 3.03. The Morgan fingerprint density at radius 1 is 1.42 bits per heavy atom. The molecule has 0 aromatic carbocycles. The average molecular weight is 296 g/mol. The van der Waals surface area contributed by atoms with Crippen LogP contribution in [0, 0.1) is 0 Å². The van der Waals surface area contributed by atoms with Gasteiger partial charge in [0.2, 0.25) is 0 Å². The largest absolute Gasteiger partial charge is 0.748 e. The molecule has 1 aliphatic rings. The van der Waals surface area contributed by atoms with E-state index in [0.29, 0.717) is 13.2 Å². The molecule has 0 aliphatic carbocycles. The molecule has 1 rings (SSSR count). The van der Waals surface area contributed by atoms with Gasteiger partial charge in [0, 0.05) is 39.8 Å². The molecule has 1 saturated heterocycles. The van der Waals surface area contributed by atoms with Gasteiger partial charge in [-0.2, -0.15) is 0 Å². The Morgan fingerprint density at radius 2 is 2.00 bits per heavy atom. The summed E-state index contributed by atoms with van der Waals surface area (Å²) in [5.41, 5.74) is 0. The van der Waals surface area contributed by atoms with Crippen molar-refractivity contribution in [2.45, 2.75) is 6.92 Å². The van der Waals surface area contributed by atoms with E-state index in [9.17, 15) is 17.8 Å². The van der Waals surface area contributed by atoms with Crippen LogP contribution in [0.1, 0.15) is 6.92 Å². The summed E-state index contributed by atoms with van der Waals surface area (Å²) >= 11 is 0. The van der Waals surface area contributed by atoms with Crippen molar-refractivity contribution in [2.75, 3.05) is 52.1 Å². The number of ether oxygens (including phenoxy) is 1. The van der Waals surface area contributed by atoms with E-state index in [0.717, 1.165) is 26.2 Å². The van der Waals surface area contributed by atoms with Crippen LogP contribution in [0.3, 0.4) is 0 Å². The molecule has 0 aromatic rings. The van der Waals surface area contributed by atoms with E-state index in [4.69, 9.17) is 0 Å². The van der Waals surface area contributed by atoms with Crippen LogP contribution in [0.2, 0.25) is 0 Å². The maximum Gasteiger partial charge on any atom is 0.406 e. The van der Waals surface area contributed by atoms with Gasteiger partial charge in [0.15, 0.2) is 0 Å². The molecule has 2 N–H and O–H groups in total. The second-order valence-electron chi connectivity index (χ2n) is 3.82. The number of amides is 1. The fourth-order valence-electron chi connectivity index (χ4n) is 1.38. The van der Waals surface area contributed by atoms with Gasteiger partial charge in [-0.1, -0.05) is 0 Å². The maximum absolute atomic E-state index is 10.3. The maximum atomic E-state index is 10.3. The van der Waals surface area contributed by atoms with Gasteiger partial charge in [-0.25, -0.2) is 13.2 Å². The number of nitrogens with one attached hydrogen (secondary N) is 2. The zero-order chi connectivity index (χ0) is 14.7. The Hall–Kier alpha value is -0.900. The smallest absolute Gasteiger partial charge is 0.406 e. The molecule has 0 bridgehead atoms. The van der Waals surface area contributed by atoms with Crippen LogP contribution in [0.5, 0.6) is 0 Å². The molecule has 0 spiro atoms.